The van der Waals surface area contributed by atoms with Crippen LogP contribution in [-0.4, -0.2) is 23.9 Å². The number of nitrogens with zero attached hydrogens (tertiary/aromatic N) is 2. The van der Waals surface area contributed by atoms with Gasteiger partial charge in [-0.1, -0.05) is 6.07 Å². The average Bonchev–Trinajstić information content (AvgIpc) is 2.59. The lowest BCUT2D eigenvalue weighted by Crippen LogP contribution is -2.33. The van der Waals surface area contributed by atoms with E-state index in [1.165, 1.54) is 6.07 Å². The first-order valence-electron chi connectivity index (χ1n) is 4.65. The van der Waals surface area contributed by atoms with Crippen LogP contribution in [0, 0.1) is 5.82 Å². The second-order valence-electron chi connectivity index (χ2n) is 3.41. The molecule has 0 atom stereocenters. The molecular formula is C10H12Br2FN3. The molecule has 2 N–H and O–H groups in total. The molecule has 0 amide bonds. The largest absolute Gasteiger partial charge is 0.370 e. The molecule has 1 aromatic carbocycles. The molecule has 16 heavy (non-hydrogen) atoms. The van der Waals surface area contributed by atoms with Crippen LogP contribution in [0.15, 0.2) is 27.7 Å². The molecule has 0 radical (unpaired) electrons. The molecule has 0 aliphatic carbocycles. The highest BCUT2D eigenvalue weighted by molar-refractivity contribution is 9.10. The first kappa shape index (κ1) is 13.4. The Hall–Kier alpha value is -0.620. The minimum absolute atomic E-state index is 0. The molecule has 1 aromatic rings. The van der Waals surface area contributed by atoms with Crippen molar-refractivity contribution in [2.45, 2.75) is 6.54 Å². The van der Waals surface area contributed by atoms with E-state index in [1.807, 2.05) is 11.0 Å². The summed E-state index contributed by atoms with van der Waals surface area (Å²) in [6.07, 6.45) is 0. The van der Waals surface area contributed by atoms with Crippen LogP contribution in [0.1, 0.15) is 5.56 Å². The Balaban J connectivity index is 0.00000128. The number of nitrogens with two attached hydrogens (primary N) is 1. The molecule has 0 saturated heterocycles. The minimum Gasteiger partial charge on any atom is -0.370 e. The lowest BCUT2D eigenvalue weighted by atomic mass is 10.2. The molecule has 1 heterocycles. The Morgan fingerprint density at radius 3 is 2.81 bits per heavy atom. The van der Waals surface area contributed by atoms with E-state index in [1.54, 1.807) is 6.07 Å². The number of benzene rings is 1. The van der Waals surface area contributed by atoms with Gasteiger partial charge in [-0.15, -0.1) is 17.0 Å². The van der Waals surface area contributed by atoms with E-state index >= 15 is 0 Å². The summed E-state index contributed by atoms with van der Waals surface area (Å²) in [6.45, 7) is 2.15. The third kappa shape index (κ3) is 2.95. The molecule has 3 nitrogen and oxygen atoms in total. The molecule has 88 valence electrons. The van der Waals surface area contributed by atoms with E-state index in [4.69, 9.17) is 5.73 Å². The van der Waals surface area contributed by atoms with Gasteiger partial charge in [-0.25, -0.2) is 4.39 Å². The standard InChI is InChI=1S/C10H11BrFN3.BrH/c11-8-2-1-7(5-9(8)12)6-15-4-3-14-10(15)13;/h1-2,5H,3-4,6H2,(H2,13,14);1H. The van der Waals surface area contributed by atoms with Crippen LogP contribution in [-0.2, 0) is 6.54 Å². The summed E-state index contributed by atoms with van der Waals surface area (Å²) in [5.41, 5.74) is 6.57. The van der Waals surface area contributed by atoms with Gasteiger partial charge in [-0.05, 0) is 33.6 Å². The molecule has 0 fully saturated rings. The topological polar surface area (TPSA) is 41.6 Å². The van der Waals surface area contributed by atoms with Crippen LogP contribution in [0.4, 0.5) is 4.39 Å². The quantitative estimate of drug-likeness (QED) is 0.887. The highest BCUT2D eigenvalue weighted by atomic mass is 79.9. The molecule has 0 spiro atoms. The second-order valence-corrected chi connectivity index (χ2v) is 4.26. The van der Waals surface area contributed by atoms with E-state index in [0.29, 0.717) is 17.0 Å². The van der Waals surface area contributed by atoms with E-state index < -0.39 is 0 Å². The van der Waals surface area contributed by atoms with Crippen LogP contribution in [0.2, 0.25) is 0 Å². The van der Waals surface area contributed by atoms with Crippen LogP contribution in [0.5, 0.6) is 0 Å². The van der Waals surface area contributed by atoms with Crippen molar-refractivity contribution in [2.24, 2.45) is 10.7 Å². The zero-order valence-electron chi connectivity index (χ0n) is 8.49. The summed E-state index contributed by atoms with van der Waals surface area (Å²) in [7, 11) is 0. The molecule has 0 saturated carbocycles. The van der Waals surface area contributed by atoms with Gasteiger partial charge in [0.15, 0.2) is 5.96 Å². The SMILES string of the molecule is Br.NC1=NCCN1Cc1ccc(Br)c(F)c1. The zero-order chi connectivity index (χ0) is 10.8. The van der Waals surface area contributed by atoms with Crippen molar-refractivity contribution < 1.29 is 4.39 Å². The first-order chi connectivity index (χ1) is 7.16. The summed E-state index contributed by atoms with van der Waals surface area (Å²) < 4.78 is 13.7. The number of hydrogen-bond donors (Lipinski definition) is 1. The molecule has 6 heteroatoms. The molecule has 0 unspecified atom stereocenters. The van der Waals surface area contributed by atoms with Crippen molar-refractivity contribution in [1.29, 1.82) is 0 Å². The van der Waals surface area contributed by atoms with Gasteiger partial charge in [0.1, 0.15) is 5.82 Å². The third-order valence-electron chi connectivity index (χ3n) is 2.33. The Bertz CT molecular complexity index is 409. The van der Waals surface area contributed by atoms with Gasteiger partial charge in [0.2, 0.25) is 0 Å². The normalized spacial score (nSPS) is 14.6. The second kappa shape index (κ2) is 5.63. The van der Waals surface area contributed by atoms with Crippen molar-refractivity contribution in [2.75, 3.05) is 13.1 Å². The summed E-state index contributed by atoms with van der Waals surface area (Å²) in [5, 5.41) is 0. The smallest absolute Gasteiger partial charge is 0.191 e. The van der Waals surface area contributed by atoms with Crippen LogP contribution >= 0.6 is 32.9 Å². The maximum Gasteiger partial charge on any atom is 0.191 e. The van der Waals surface area contributed by atoms with E-state index in [9.17, 15) is 4.39 Å². The van der Waals surface area contributed by atoms with Crippen molar-refractivity contribution in [3.8, 4) is 0 Å². The fourth-order valence-electron chi connectivity index (χ4n) is 1.52. The molecule has 0 bridgehead atoms. The minimum atomic E-state index is -0.248. The molecule has 0 aromatic heterocycles. The fourth-order valence-corrected chi connectivity index (χ4v) is 1.76. The van der Waals surface area contributed by atoms with Crippen LogP contribution < -0.4 is 5.73 Å². The highest BCUT2D eigenvalue weighted by Gasteiger charge is 2.14. The van der Waals surface area contributed by atoms with Gasteiger partial charge in [0, 0.05) is 13.1 Å². The number of aliphatic imine (C=N–C) groups is 1. The monoisotopic (exact) mass is 351 g/mol. The number of halogens is 3. The van der Waals surface area contributed by atoms with Crippen LogP contribution in [0.25, 0.3) is 0 Å². The Labute approximate surface area is 112 Å². The summed E-state index contributed by atoms with van der Waals surface area (Å²) >= 11 is 3.12. The Morgan fingerprint density at radius 1 is 1.50 bits per heavy atom. The summed E-state index contributed by atoms with van der Waals surface area (Å²) in [5.74, 6) is 0.292. The molecule has 2 rings (SSSR count). The number of hydrogen-bond acceptors (Lipinski definition) is 3. The highest BCUT2D eigenvalue weighted by Crippen LogP contribution is 2.17. The Kier molecular flexibility index (Phi) is 4.73. The van der Waals surface area contributed by atoms with Crippen molar-refractivity contribution in [3.05, 3.63) is 34.1 Å². The maximum atomic E-state index is 13.2. The number of rotatable bonds is 2. The van der Waals surface area contributed by atoms with Crippen LogP contribution in [0.3, 0.4) is 0 Å². The lowest BCUT2D eigenvalue weighted by molar-refractivity contribution is 0.446. The maximum absolute atomic E-state index is 13.2. The fraction of sp³-hybridized carbons (Fsp3) is 0.300. The summed E-state index contributed by atoms with van der Waals surface area (Å²) in [4.78, 5) is 6.00. The molecule has 1 aliphatic heterocycles. The van der Waals surface area contributed by atoms with Gasteiger partial charge in [-0.3, -0.25) is 4.99 Å². The first-order valence-corrected chi connectivity index (χ1v) is 5.45. The molecular weight excluding hydrogens is 341 g/mol. The average molecular weight is 353 g/mol. The van der Waals surface area contributed by atoms with Gasteiger partial charge in [-0.2, -0.15) is 0 Å². The number of guanidine groups is 1. The van der Waals surface area contributed by atoms with E-state index in [0.717, 1.165) is 18.7 Å². The van der Waals surface area contributed by atoms with E-state index in [2.05, 4.69) is 20.9 Å². The predicted molar refractivity (Wildman–Crippen MR) is 71.3 cm³/mol. The van der Waals surface area contributed by atoms with Crippen molar-refractivity contribution in [3.63, 3.8) is 0 Å². The zero-order valence-corrected chi connectivity index (χ0v) is 11.8. The van der Waals surface area contributed by atoms with Gasteiger partial charge >= 0.3 is 0 Å². The van der Waals surface area contributed by atoms with Gasteiger partial charge in [0.25, 0.3) is 0 Å². The predicted octanol–water partition coefficient (Wildman–Crippen LogP) is 2.30. The van der Waals surface area contributed by atoms with Crippen molar-refractivity contribution in [1.82, 2.24) is 4.90 Å². The lowest BCUT2D eigenvalue weighted by Gasteiger charge is -2.17. The van der Waals surface area contributed by atoms with Gasteiger partial charge < -0.3 is 10.6 Å². The molecule has 1 aliphatic rings. The Morgan fingerprint density at radius 2 is 2.25 bits per heavy atom. The van der Waals surface area contributed by atoms with Crippen molar-refractivity contribution >= 4 is 38.9 Å². The summed E-state index contributed by atoms with van der Waals surface area (Å²) in [6, 6.07) is 5.09. The van der Waals surface area contributed by atoms with E-state index in [-0.39, 0.29) is 22.8 Å². The van der Waals surface area contributed by atoms with Gasteiger partial charge in [0.05, 0.1) is 11.0 Å². The third-order valence-corrected chi connectivity index (χ3v) is 2.97.